The van der Waals surface area contributed by atoms with Crippen LogP contribution >= 0.6 is 0 Å². The lowest BCUT2D eigenvalue weighted by atomic mass is 9.84. The van der Waals surface area contributed by atoms with Crippen molar-refractivity contribution in [3.05, 3.63) is 47.5 Å². The van der Waals surface area contributed by atoms with Gasteiger partial charge in [-0.25, -0.2) is 9.07 Å². The Morgan fingerprint density at radius 3 is 2.76 bits per heavy atom. The number of benzene rings is 1. The molecule has 1 heterocycles. The van der Waals surface area contributed by atoms with Crippen LogP contribution in [0.3, 0.4) is 0 Å². The lowest BCUT2D eigenvalue weighted by Crippen LogP contribution is -2.46. The van der Waals surface area contributed by atoms with E-state index in [0.717, 1.165) is 12.8 Å². The van der Waals surface area contributed by atoms with Gasteiger partial charge >= 0.3 is 0 Å². The summed E-state index contributed by atoms with van der Waals surface area (Å²) in [5.74, 6) is -0.131. The van der Waals surface area contributed by atoms with Crippen LogP contribution in [0, 0.1) is 18.7 Å². The monoisotopic (exact) mass is 344 g/mol. The summed E-state index contributed by atoms with van der Waals surface area (Å²) in [5.41, 5.74) is 7.30. The number of carbonyl (C=O) groups is 1. The Morgan fingerprint density at radius 1 is 1.36 bits per heavy atom. The second-order valence-corrected chi connectivity index (χ2v) is 6.72. The minimum atomic E-state index is -0.373. The summed E-state index contributed by atoms with van der Waals surface area (Å²) in [6.07, 6.45) is 7.36. The van der Waals surface area contributed by atoms with Gasteiger partial charge in [0.15, 0.2) is 0 Å². The van der Waals surface area contributed by atoms with Crippen molar-refractivity contribution in [3.8, 4) is 5.69 Å². The Morgan fingerprint density at radius 2 is 2.08 bits per heavy atom. The molecular weight excluding hydrogens is 319 g/mol. The second kappa shape index (κ2) is 7.78. The van der Waals surface area contributed by atoms with E-state index in [1.807, 2.05) is 0 Å². The van der Waals surface area contributed by atoms with Crippen molar-refractivity contribution in [2.24, 2.45) is 11.7 Å². The van der Waals surface area contributed by atoms with Crippen molar-refractivity contribution in [3.63, 3.8) is 0 Å². The van der Waals surface area contributed by atoms with Crippen molar-refractivity contribution in [1.82, 2.24) is 15.1 Å². The SMILES string of the molecule is Cc1c(C(=O)NC(CN)C2CCCCC2)cnn1-c1ccccc1F. The number of aromatic nitrogens is 2. The van der Waals surface area contributed by atoms with Crippen LogP contribution in [-0.4, -0.2) is 28.3 Å². The van der Waals surface area contributed by atoms with Gasteiger partial charge in [0.2, 0.25) is 0 Å². The lowest BCUT2D eigenvalue weighted by Gasteiger charge is -2.30. The van der Waals surface area contributed by atoms with E-state index in [4.69, 9.17) is 5.73 Å². The highest BCUT2D eigenvalue weighted by Crippen LogP contribution is 2.26. The summed E-state index contributed by atoms with van der Waals surface area (Å²) in [6.45, 7) is 2.20. The minimum Gasteiger partial charge on any atom is -0.348 e. The van der Waals surface area contributed by atoms with Gasteiger partial charge in [-0.1, -0.05) is 31.4 Å². The summed E-state index contributed by atoms with van der Waals surface area (Å²) in [4.78, 5) is 12.7. The number of carbonyl (C=O) groups excluding carboxylic acids is 1. The van der Waals surface area contributed by atoms with Gasteiger partial charge in [-0.05, 0) is 37.8 Å². The molecule has 1 unspecified atom stereocenters. The van der Waals surface area contributed by atoms with E-state index < -0.39 is 0 Å². The molecule has 1 aliphatic rings. The van der Waals surface area contributed by atoms with Crippen LogP contribution < -0.4 is 11.1 Å². The van der Waals surface area contributed by atoms with E-state index in [1.54, 1.807) is 25.1 Å². The summed E-state index contributed by atoms with van der Waals surface area (Å²) >= 11 is 0. The van der Waals surface area contributed by atoms with E-state index in [0.29, 0.717) is 29.4 Å². The summed E-state index contributed by atoms with van der Waals surface area (Å²) < 4.78 is 15.5. The Labute approximate surface area is 147 Å². The number of hydrogen-bond acceptors (Lipinski definition) is 3. The largest absolute Gasteiger partial charge is 0.348 e. The third-order valence-corrected chi connectivity index (χ3v) is 5.12. The Hall–Kier alpha value is -2.21. The molecule has 0 aliphatic heterocycles. The van der Waals surface area contributed by atoms with Gasteiger partial charge < -0.3 is 11.1 Å². The number of halogens is 1. The molecule has 0 spiro atoms. The van der Waals surface area contributed by atoms with E-state index in [2.05, 4.69) is 10.4 Å². The third-order valence-electron chi connectivity index (χ3n) is 5.12. The molecule has 1 aromatic heterocycles. The Bertz CT molecular complexity index is 737. The fourth-order valence-electron chi connectivity index (χ4n) is 3.65. The molecule has 134 valence electrons. The number of nitrogens with zero attached hydrogens (tertiary/aromatic N) is 2. The summed E-state index contributed by atoms with van der Waals surface area (Å²) in [6, 6.07) is 6.36. The zero-order valence-electron chi connectivity index (χ0n) is 14.5. The van der Waals surface area contributed by atoms with Gasteiger partial charge in [-0.15, -0.1) is 0 Å². The summed E-state index contributed by atoms with van der Waals surface area (Å²) in [5, 5.41) is 7.26. The molecule has 1 aliphatic carbocycles. The van der Waals surface area contributed by atoms with Crippen LogP contribution in [0.4, 0.5) is 4.39 Å². The molecule has 3 rings (SSSR count). The molecule has 1 aromatic carbocycles. The molecule has 1 amide bonds. The molecule has 1 atom stereocenters. The van der Waals surface area contributed by atoms with E-state index in [9.17, 15) is 9.18 Å². The van der Waals surface area contributed by atoms with Crippen molar-refractivity contribution in [1.29, 1.82) is 0 Å². The van der Waals surface area contributed by atoms with Crippen molar-refractivity contribution in [2.45, 2.75) is 45.1 Å². The quantitative estimate of drug-likeness (QED) is 0.876. The van der Waals surface area contributed by atoms with Gasteiger partial charge in [0, 0.05) is 12.6 Å². The fourth-order valence-corrected chi connectivity index (χ4v) is 3.65. The average Bonchev–Trinajstić information content (AvgIpc) is 3.02. The number of nitrogens with two attached hydrogens (primary N) is 1. The first-order chi connectivity index (χ1) is 12.1. The molecule has 3 N–H and O–H groups in total. The lowest BCUT2D eigenvalue weighted by molar-refractivity contribution is 0.0915. The molecule has 0 bridgehead atoms. The first-order valence-electron chi connectivity index (χ1n) is 8.92. The van der Waals surface area contributed by atoms with E-state index in [-0.39, 0.29) is 17.8 Å². The fraction of sp³-hybridized carbons (Fsp3) is 0.474. The van der Waals surface area contributed by atoms with Gasteiger partial charge in [-0.2, -0.15) is 5.10 Å². The van der Waals surface area contributed by atoms with Gasteiger partial charge in [0.1, 0.15) is 11.5 Å². The van der Waals surface area contributed by atoms with Crippen molar-refractivity contribution < 1.29 is 9.18 Å². The molecule has 6 heteroatoms. The highest BCUT2D eigenvalue weighted by molar-refractivity contribution is 5.95. The van der Waals surface area contributed by atoms with Crippen LogP contribution in [0.1, 0.15) is 48.2 Å². The van der Waals surface area contributed by atoms with Gasteiger partial charge in [0.05, 0.1) is 17.5 Å². The Balaban J connectivity index is 1.77. The maximum absolute atomic E-state index is 14.0. The van der Waals surface area contributed by atoms with Crippen molar-refractivity contribution in [2.75, 3.05) is 6.54 Å². The number of para-hydroxylation sites is 1. The predicted molar refractivity (Wildman–Crippen MR) is 95.1 cm³/mol. The minimum absolute atomic E-state index is 0.0241. The molecule has 2 aromatic rings. The number of hydrogen-bond donors (Lipinski definition) is 2. The molecule has 1 fully saturated rings. The maximum Gasteiger partial charge on any atom is 0.255 e. The standard InChI is InChI=1S/C19H25FN4O/c1-13-15(12-22-24(13)18-10-6-5-9-16(18)20)19(25)23-17(11-21)14-7-3-2-4-8-14/h5-6,9-10,12,14,17H,2-4,7-8,11,21H2,1H3,(H,23,25). The van der Waals surface area contributed by atoms with Crippen molar-refractivity contribution >= 4 is 5.91 Å². The van der Waals surface area contributed by atoms with Gasteiger partial charge in [-0.3, -0.25) is 4.79 Å². The number of rotatable bonds is 5. The Kier molecular flexibility index (Phi) is 5.48. The van der Waals surface area contributed by atoms with E-state index in [1.165, 1.54) is 36.2 Å². The smallest absolute Gasteiger partial charge is 0.255 e. The zero-order chi connectivity index (χ0) is 17.8. The van der Waals surface area contributed by atoms with Crippen LogP contribution in [0.2, 0.25) is 0 Å². The first kappa shape index (κ1) is 17.6. The molecule has 25 heavy (non-hydrogen) atoms. The predicted octanol–water partition coefficient (Wildman–Crippen LogP) is 2.96. The first-order valence-corrected chi connectivity index (χ1v) is 8.92. The molecule has 1 saturated carbocycles. The van der Waals surface area contributed by atoms with E-state index >= 15 is 0 Å². The molecule has 0 radical (unpaired) electrons. The third kappa shape index (κ3) is 3.74. The van der Waals surface area contributed by atoms with Gasteiger partial charge in [0.25, 0.3) is 5.91 Å². The molecular formula is C19H25FN4O. The maximum atomic E-state index is 14.0. The molecule has 5 nitrogen and oxygen atoms in total. The van der Waals surface area contributed by atoms with Crippen LogP contribution in [0.25, 0.3) is 5.69 Å². The van der Waals surface area contributed by atoms with Crippen LogP contribution in [0.15, 0.2) is 30.5 Å². The normalized spacial score (nSPS) is 16.6. The summed E-state index contributed by atoms with van der Waals surface area (Å²) in [7, 11) is 0. The zero-order valence-corrected chi connectivity index (χ0v) is 14.5. The second-order valence-electron chi connectivity index (χ2n) is 6.72. The highest BCUT2D eigenvalue weighted by Gasteiger charge is 2.26. The average molecular weight is 344 g/mol. The highest BCUT2D eigenvalue weighted by atomic mass is 19.1. The topological polar surface area (TPSA) is 72.9 Å². The number of nitrogens with one attached hydrogen (secondary N) is 1. The van der Waals surface area contributed by atoms with Crippen LogP contribution in [-0.2, 0) is 0 Å². The molecule has 0 saturated heterocycles. The number of amides is 1. The van der Waals surface area contributed by atoms with Crippen LogP contribution in [0.5, 0.6) is 0 Å².